The Kier molecular flexibility index (Phi) is 6.44. The molecule has 140 valence electrons. The lowest BCUT2D eigenvalue weighted by Gasteiger charge is -2.23. The zero-order valence-electron chi connectivity index (χ0n) is 14.4. The maximum absolute atomic E-state index is 12.8. The van der Waals surface area contributed by atoms with E-state index in [4.69, 9.17) is 28.9 Å². The van der Waals surface area contributed by atoms with Gasteiger partial charge in [0.2, 0.25) is 0 Å². The normalized spacial score (nSPS) is 10.8. The van der Waals surface area contributed by atoms with Crippen LogP contribution in [0.3, 0.4) is 0 Å². The Morgan fingerprint density at radius 2 is 2.04 bits per heavy atom. The molecule has 0 fully saturated rings. The summed E-state index contributed by atoms with van der Waals surface area (Å²) in [5.41, 5.74) is 4.78. The fraction of sp³-hybridized carbons (Fsp3) is 0.375. The highest BCUT2D eigenvalue weighted by Gasteiger charge is 2.24. The van der Waals surface area contributed by atoms with E-state index in [-0.39, 0.29) is 33.8 Å². The Balaban J connectivity index is 2.55. The zero-order chi connectivity index (χ0) is 19.4. The molecule has 26 heavy (non-hydrogen) atoms. The Hall–Kier alpha value is -2.32. The summed E-state index contributed by atoms with van der Waals surface area (Å²) < 4.78 is 1.25. The molecule has 2 aromatic heterocycles. The van der Waals surface area contributed by atoms with Crippen LogP contribution in [0.2, 0.25) is 10.2 Å². The molecule has 1 amide bonds. The van der Waals surface area contributed by atoms with Crippen LogP contribution in [0.5, 0.6) is 0 Å². The SMILES string of the molecule is CCCCn1c(N)c(N(CC)C(=O)c2cnc(Cl)c(Cl)c2)c(=O)[nH]c1=O. The van der Waals surface area contributed by atoms with E-state index in [0.29, 0.717) is 13.0 Å². The van der Waals surface area contributed by atoms with Gasteiger partial charge < -0.3 is 10.6 Å². The summed E-state index contributed by atoms with van der Waals surface area (Å²) in [6.07, 6.45) is 2.80. The van der Waals surface area contributed by atoms with Gasteiger partial charge in [-0.1, -0.05) is 36.5 Å². The number of rotatable bonds is 6. The highest BCUT2D eigenvalue weighted by atomic mass is 35.5. The number of nitrogens with two attached hydrogens (primary N) is 1. The van der Waals surface area contributed by atoms with Gasteiger partial charge in [-0.25, -0.2) is 9.78 Å². The Bertz CT molecular complexity index is 938. The van der Waals surface area contributed by atoms with Gasteiger partial charge in [0.1, 0.15) is 11.0 Å². The van der Waals surface area contributed by atoms with Gasteiger partial charge in [0.25, 0.3) is 11.5 Å². The van der Waals surface area contributed by atoms with Crippen LogP contribution in [-0.2, 0) is 6.54 Å². The lowest BCUT2D eigenvalue weighted by molar-refractivity contribution is 0.0987. The van der Waals surface area contributed by atoms with Crippen LogP contribution < -0.4 is 21.9 Å². The number of amides is 1. The highest BCUT2D eigenvalue weighted by molar-refractivity contribution is 6.41. The van der Waals surface area contributed by atoms with Gasteiger partial charge in [0, 0.05) is 19.3 Å². The first-order valence-corrected chi connectivity index (χ1v) is 8.82. The molecule has 0 atom stereocenters. The predicted octanol–water partition coefficient (Wildman–Crippen LogP) is 2.29. The minimum absolute atomic E-state index is 0.0598. The van der Waals surface area contributed by atoms with Gasteiger partial charge in [-0.05, 0) is 19.4 Å². The lowest BCUT2D eigenvalue weighted by Crippen LogP contribution is -2.41. The van der Waals surface area contributed by atoms with Crippen LogP contribution in [0.25, 0.3) is 0 Å². The first-order chi connectivity index (χ1) is 12.3. The molecule has 0 aliphatic carbocycles. The number of pyridine rings is 1. The van der Waals surface area contributed by atoms with Crippen molar-refractivity contribution in [2.75, 3.05) is 17.2 Å². The minimum atomic E-state index is -0.733. The quantitative estimate of drug-likeness (QED) is 0.723. The fourth-order valence-corrected chi connectivity index (χ4v) is 2.74. The molecular weight excluding hydrogens is 381 g/mol. The average molecular weight is 400 g/mol. The van der Waals surface area contributed by atoms with Crippen molar-refractivity contribution in [1.82, 2.24) is 14.5 Å². The molecule has 8 nitrogen and oxygen atoms in total. The number of unbranched alkanes of at least 4 members (excludes halogenated alkanes) is 1. The number of carbonyl (C=O) groups is 1. The third kappa shape index (κ3) is 3.91. The number of hydrogen-bond donors (Lipinski definition) is 2. The molecule has 2 aromatic rings. The van der Waals surface area contributed by atoms with Crippen LogP contribution >= 0.6 is 23.2 Å². The number of aromatic nitrogens is 3. The molecule has 0 saturated heterocycles. The molecule has 3 N–H and O–H groups in total. The summed E-state index contributed by atoms with van der Waals surface area (Å²) in [6, 6.07) is 1.36. The van der Waals surface area contributed by atoms with E-state index in [1.54, 1.807) is 6.92 Å². The van der Waals surface area contributed by atoms with Crippen molar-refractivity contribution in [1.29, 1.82) is 0 Å². The summed E-state index contributed by atoms with van der Waals surface area (Å²) in [5.74, 6) is -0.591. The summed E-state index contributed by atoms with van der Waals surface area (Å²) >= 11 is 11.7. The number of aromatic amines is 1. The maximum Gasteiger partial charge on any atom is 0.330 e. The van der Waals surface area contributed by atoms with E-state index in [1.807, 2.05) is 6.92 Å². The van der Waals surface area contributed by atoms with E-state index in [2.05, 4.69) is 9.97 Å². The Morgan fingerprint density at radius 3 is 2.62 bits per heavy atom. The van der Waals surface area contributed by atoms with Crippen molar-refractivity contribution in [3.63, 3.8) is 0 Å². The van der Waals surface area contributed by atoms with Crippen LogP contribution in [0.15, 0.2) is 21.9 Å². The predicted molar refractivity (Wildman–Crippen MR) is 102 cm³/mol. The van der Waals surface area contributed by atoms with Crippen molar-refractivity contribution in [3.05, 3.63) is 48.8 Å². The van der Waals surface area contributed by atoms with E-state index in [0.717, 1.165) is 6.42 Å². The summed E-state index contributed by atoms with van der Waals surface area (Å²) in [7, 11) is 0. The summed E-state index contributed by atoms with van der Waals surface area (Å²) in [4.78, 5) is 44.4. The standard InChI is InChI=1S/C16H19Cl2N5O3/c1-3-5-6-23-13(19)11(14(24)21-16(23)26)22(4-2)15(25)9-7-10(17)12(18)20-8-9/h7-8H,3-6,19H2,1-2H3,(H,21,24,26). The van der Waals surface area contributed by atoms with Gasteiger partial charge >= 0.3 is 5.69 Å². The van der Waals surface area contributed by atoms with Crippen molar-refractivity contribution in [2.45, 2.75) is 33.2 Å². The molecule has 0 aromatic carbocycles. The maximum atomic E-state index is 12.8. The number of hydrogen-bond acceptors (Lipinski definition) is 5. The van der Waals surface area contributed by atoms with Gasteiger partial charge in [0.05, 0.1) is 10.6 Å². The summed E-state index contributed by atoms with van der Waals surface area (Å²) in [6.45, 7) is 4.14. The molecule has 0 aliphatic rings. The molecule has 0 unspecified atom stereocenters. The molecule has 0 aliphatic heterocycles. The monoisotopic (exact) mass is 399 g/mol. The third-order valence-electron chi connectivity index (χ3n) is 3.82. The van der Waals surface area contributed by atoms with Crippen LogP contribution in [0.4, 0.5) is 11.5 Å². The zero-order valence-corrected chi connectivity index (χ0v) is 15.9. The van der Waals surface area contributed by atoms with Crippen LogP contribution in [0, 0.1) is 0 Å². The molecule has 0 saturated carbocycles. The third-order valence-corrected chi connectivity index (χ3v) is 4.51. The lowest BCUT2D eigenvalue weighted by atomic mass is 10.2. The van der Waals surface area contributed by atoms with Crippen molar-refractivity contribution in [3.8, 4) is 0 Å². The molecule has 10 heteroatoms. The number of nitrogen functional groups attached to an aromatic ring is 1. The van der Waals surface area contributed by atoms with Crippen molar-refractivity contribution in [2.24, 2.45) is 0 Å². The first kappa shape index (κ1) is 20.0. The molecule has 0 spiro atoms. The highest BCUT2D eigenvalue weighted by Crippen LogP contribution is 2.23. The molecule has 0 radical (unpaired) electrons. The van der Waals surface area contributed by atoms with Crippen LogP contribution in [0.1, 0.15) is 37.0 Å². The summed E-state index contributed by atoms with van der Waals surface area (Å²) in [5, 5.41) is 0.181. The smallest absolute Gasteiger partial charge is 0.330 e. The number of H-pyrrole nitrogens is 1. The molecular formula is C16H19Cl2N5O3. The topological polar surface area (TPSA) is 114 Å². The van der Waals surface area contributed by atoms with E-state index < -0.39 is 17.2 Å². The number of carbonyl (C=O) groups excluding carboxylic acids is 1. The van der Waals surface area contributed by atoms with E-state index >= 15 is 0 Å². The van der Waals surface area contributed by atoms with E-state index in [1.165, 1.54) is 21.7 Å². The minimum Gasteiger partial charge on any atom is -0.383 e. The number of anilines is 2. The van der Waals surface area contributed by atoms with Crippen molar-refractivity contribution >= 4 is 40.6 Å². The van der Waals surface area contributed by atoms with Gasteiger partial charge in [-0.3, -0.25) is 19.1 Å². The Morgan fingerprint density at radius 1 is 1.35 bits per heavy atom. The molecule has 0 bridgehead atoms. The van der Waals surface area contributed by atoms with Gasteiger partial charge in [0.15, 0.2) is 5.69 Å². The van der Waals surface area contributed by atoms with E-state index in [9.17, 15) is 14.4 Å². The first-order valence-electron chi connectivity index (χ1n) is 8.07. The largest absolute Gasteiger partial charge is 0.383 e. The van der Waals surface area contributed by atoms with Crippen LogP contribution in [-0.4, -0.2) is 27.0 Å². The number of nitrogens with one attached hydrogen (secondary N) is 1. The molecule has 2 rings (SSSR count). The van der Waals surface area contributed by atoms with Gasteiger partial charge in [-0.2, -0.15) is 0 Å². The second-order valence-electron chi connectivity index (χ2n) is 5.54. The van der Waals surface area contributed by atoms with Crippen molar-refractivity contribution < 1.29 is 4.79 Å². The number of halogens is 2. The Labute approximate surface area is 159 Å². The van der Waals surface area contributed by atoms with Gasteiger partial charge in [-0.15, -0.1) is 0 Å². The second kappa shape index (κ2) is 8.37. The number of nitrogens with zero attached hydrogens (tertiary/aromatic N) is 3. The second-order valence-corrected chi connectivity index (χ2v) is 6.31. The molecule has 2 heterocycles. The fourth-order valence-electron chi connectivity index (χ4n) is 2.47. The average Bonchev–Trinajstić information content (AvgIpc) is 2.60.